The van der Waals surface area contributed by atoms with Crippen LogP contribution in [0.1, 0.15) is 22.0 Å². The van der Waals surface area contributed by atoms with Crippen LogP contribution < -0.4 is 0 Å². The van der Waals surface area contributed by atoms with Crippen molar-refractivity contribution in [3.8, 4) is 0 Å². The van der Waals surface area contributed by atoms with E-state index in [0.29, 0.717) is 5.88 Å². The van der Waals surface area contributed by atoms with Crippen molar-refractivity contribution in [2.75, 3.05) is 13.6 Å². The molecule has 2 heterocycles. The zero-order valence-corrected chi connectivity index (χ0v) is 14.7. The molecule has 0 fully saturated rings. The molecule has 0 spiro atoms. The summed E-state index contributed by atoms with van der Waals surface area (Å²) < 4.78 is 1.18. The molecule has 0 aromatic carbocycles. The van der Waals surface area contributed by atoms with Gasteiger partial charge in [0.1, 0.15) is 0 Å². The highest BCUT2D eigenvalue weighted by Crippen LogP contribution is 2.21. The van der Waals surface area contributed by atoms with Crippen molar-refractivity contribution in [3.63, 3.8) is 0 Å². The zero-order chi connectivity index (χ0) is 13.7. The van der Waals surface area contributed by atoms with Crippen LogP contribution in [-0.4, -0.2) is 23.5 Å². The molecular weight excluding hydrogens is 364 g/mol. The van der Waals surface area contributed by atoms with E-state index in [4.69, 9.17) is 11.6 Å². The summed E-state index contributed by atoms with van der Waals surface area (Å²) in [7, 11) is 2.17. The normalized spacial score (nSPS) is 11.4. The van der Waals surface area contributed by atoms with E-state index >= 15 is 0 Å². The van der Waals surface area contributed by atoms with Gasteiger partial charge in [0.2, 0.25) is 0 Å². The average Bonchev–Trinajstić information content (AvgIpc) is 2.98. The topological polar surface area (TPSA) is 16.1 Å². The van der Waals surface area contributed by atoms with Crippen molar-refractivity contribution in [1.29, 1.82) is 0 Å². The SMILES string of the molecule is CN(CCCc1nc(CCl)cs1)Cc1cc(Br)cs1. The predicted octanol–water partition coefficient (Wildman–Crippen LogP) is 4.77. The van der Waals surface area contributed by atoms with Gasteiger partial charge in [0.25, 0.3) is 0 Å². The molecule has 0 bridgehead atoms. The lowest BCUT2D eigenvalue weighted by Crippen LogP contribution is -2.18. The molecule has 0 aliphatic carbocycles. The summed E-state index contributed by atoms with van der Waals surface area (Å²) in [5.41, 5.74) is 0.999. The quantitative estimate of drug-likeness (QED) is 0.644. The number of aryl methyl sites for hydroxylation is 1. The Morgan fingerprint density at radius 1 is 1.37 bits per heavy atom. The van der Waals surface area contributed by atoms with Crippen LogP contribution in [0.25, 0.3) is 0 Å². The van der Waals surface area contributed by atoms with E-state index in [0.717, 1.165) is 31.6 Å². The molecule has 2 aromatic rings. The highest BCUT2D eigenvalue weighted by Gasteiger charge is 2.05. The fraction of sp³-hybridized carbons (Fsp3) is 0.462. The van der Waals surface area contributed by atoms with Gasteiger partial charge in [-0.25, -0.2) is 4.98 Å². The minimum absolute atomic E-state index is 0.518. The monoisotopic (exact) mass is 378 g/mol. The molecule has 0 unspecified atom stereocenters. The first-order chi connectivity index (χ1) is 9.17. The Bertz CT molecular complexity index is 512. The van der Waals surface area contributed by atoms with Gasteiger partial charge in [-0.15, -0.1) is 34.3 Å². The summed E-state index contributed by atoms with van der Waals surface area (Å²) >= 11 is 12.8. The molecule has 104 valence electrons. The predicted molar refractivity (Wildman–Crippen MR) is 88.3 cm³/mol. The fourth-order valence-electron chi connectivity index (χ4n) is 1.81. The van der Waals surface area contributed by atoms with Crippen LogP contribution >= 0.6 is 50.2 Å². The molecule has 0 amide bonds. The average molecular weight is 380 g/mol. The molecule has 0 atom stereocenters. The second kappa shape index (κ2) is 7.74. The van der Waals surface area contributed by atoms with E-state index in [2.05, 4.69) is 49.7 Å². The summed E-state index contributed by atoms with van der Waals surface area (Å²) in [5.74, 6) is 0.518. The van der Waals surface area contributed by atoms with Gasteiger partial charge in [-0.05, 0) is 42.0 Å². The molecule has 0 saturated carbocycles. The second-order valence-electron chi connectivity index (χ2n) is 4.44. The number of rotatable bonds is 7. The van der Waals surface area contributed by atoms with Crippen molar-refractivity contribution in [2.24, 2.45) is 0 Å². The summed E-state index contributed by atoms with van der Waals surface area (Å²) in [6.07, 6.45) is 2.18. The number of alkyl halides is 1. The molecule has 0 radical (unpaired) electrons. The van der Waals surface area contributed by atoms with Crippen molar-refractivity contribution in [1.82, 2.24) is 9.88 Å². The zero-order valence-electron chi connectivity index (χ0n) is 10.7. The smallest absolute Gasteiger partial charge is 0.0929 e. The Kier molecular flexibility index (Phi) is 6.29. The largest absolute Gasteiger partial charge is 0.301 e. The molecule has 0 saturated heterocycles. The summed E-state index contributed by atoms with van der Waals surface area (Å²) in [6.45, 7) is 2.10. The van der Waals surface area contributed by atoms with Crippen LogP contribution in [0.5, 0.6) is 0 Å². The maximum absolute atomic E-state index is 5.75. The minimum atomic E-state index is 0.518. The van der Waals surface area contributed by atoms with E-state index in [1.807, 2.05) is 0 Å². The maximum Gasteiger partial charge on any atom is 0.0929 e. The van der Waals surface area contributed by atoms with E-state index in [9.17, 15) is 0 Å². The van der Waals surface area contributed by atoms with Gasteiger partial charge in [-0.2, -0.15) is 0 Å². The summed E-state index contributed by atoms with van der Waals surface area (Å²) in [4.78, 5) is 8.23. The highest BCUT2D eigenvalue weighted by molar-refractivity contribution is 9.10. The fourth-order valence-corrected chi connectivity index (χ4v) is 4.41. The first kappa shape index (κ1) is 15.4. The molecule has 0 aliphatic heterocycles. The number of thiophene rings is 1. The van der Waals surface area contributed by atoms with Crippen molar-refractivity contribution in [2.45, 2.75) is 25.3 Å². The summed E-state index contributed by atoms with van der Waals surface area (Å²) in [5, 5.41) is 5.38. The lowest BCUT2D eigenvalue weighted by molar-refractivity contribution is 0.325. The van der Waals surface area contributed by atoms with Gasteiger partial charge in [0, 0.05) is 33.1 Å². The van der Waals surface area contributed by atoms with Gasteiger partial charge in [-0.3, -0.25) is 0 Å². The van der Waals surface area contributed by atoms with Crippen molar-refractivity contribution < 1.29 is 0 Å². The molecule has 2 aromatic heterocycles. The van der Waals surface area contributed by atoms with Crippen LogP contribution in [0.4, 0.5) is 0 Å². The Labute approximate surface area is 135 Å². The third-order valence-electron chi connectivity index (χ3n) is 2.71. The van der Waals surface area contributed by atoms with E-state index in [-0.39, 0.29) is 0 Å². The maximum atomic E-state index is 5.75. The van der Waals surface area contributed by atoms with Gasteiger partial charge in [0.15, 0.2) is 0 Å². The number of nitrogens with zero attached hydrogens (tertiary/aromatic N) is 2. The van der Waals surface area contributed by atoms with Crippen LogP contribution in [0.2, 0.25) is 0 Å². The van der Waals surface area contributed by atoms with Gasteiger partial charge < -0.3 is 4.90 Å². The van der Waals surface area contributed by atoms with Crippen molar-refractivity contribution in [3.05, 3.63) is 36.9 Å². The van der Waals surface area contributed by atoms with E-state index < -0.39 is 0 Å². The van der Waals surface area contributed by atoms with Gasteiger partial charge in [0.05, 0.1) is 16.6 Å². The van der Waals surface area contributed by atoms with Crippen LogP contribution in [0.15, 0.2) is 21.3 Å². The number of halogens is 2. The molecule has 6 heteroatoms. The third-order valence-corrected chi connectivity index (χ3v) is 5.63. The first-order valence-electron chi connectivity index (χ1n) is 6.08. The standard InChI is InChI=1S/C13H16BrClN2S2/c1-17(7-12-5-10(14)8-18-12)4-2-3-13-16-11(6-15)9-19-13/h5,8-9H,2-4,6-7H2,1H3. The summed E-state index contributed by atoms with van der Waals surface area (Å²) in [6, 6.07) is 2.19. The molecule has 0 aliphatic rings. The lowest BCUT2D eigenvalue weighted by atomic mass is 10.3. The van der Waals surface area contributed by atoms with Crippen LogP contribution in [0, 0.1) is 0 Å². The minimum Gasteiger partial charge on any atom is -0.301 e. The second-order valence-corrected chi connectivity index (χ2v) is 7.56. The Hall–Kier alpha value is 0.0600. The highest BCUT2D eigenvalue weighted by atomic mass is 79.9. The Morgan fingerprint density at radius 3 is 2.84 bits per heavy atom. The first-order valence-corrected chi connectivity index (χ1v) is 9.16. The Balaban J connectivity index is 1.70. The van der Waals surface area contributed by atoms with E-state index in [1.54, 1.807) is 22.7 Å². The number of hydrogen-bond acceptors (Lipinski definition) is 4. The number of hydrogen-bond donors (Lipinski definition) is 0. The number of aromatic nitrogens is 1. The molecule has 0 N–H and O–H groups in total. The molecule has 2 rings (SSSR count). The van der Waals surface area contributed by atoms with Crippen molar-refractivity contribution >= 4 is 50.2 Å². The molecular formula is C13H16BrClN2S2. The molecule has 19 heavy (non-hydrogen) atoms. The number of thiazole rings is 1. The third kappa shape index (κ3) is 5.16. The lowest BCUT2D eigenvalue weighted by Gasteiger charge is -2.14. The van der Waals surface area contributed by atoms with E-state index in [1.165, 1.54) is 14.4 Å². The van der Waals surface area contributed by atoms with Gasteiger partial charge in [-0.1, -0.05) is 0 Å². The Morgan fingerprint density at radius 2 is 2.21 bits per heavy atom. The van der Waals surface area contributed by atoms with Gasteiger partial charge >= 0.3 is 0 Å². The van der Waals surface area contributed by atoms with Crippen LogP contribution in [-0.2, 0) is 18.8 Å². The van der Waals surface area contributed by atoms with Crippen LogP contribution in [0.3, 0.4) is 0 Å². The molecule has 2 nitrogen and oxygen atoms in total.